The van der Waals surface area contributed by atoms with E-state index in [1.54, 1.807) is 18.2 Å². The van der Waals surface area contributed by atoms with Crippen molar-refractivity contribution in [3.05, 3.63) is 27.1 Å². The van der Waals surface area contributed by atoms with Gasteiger partial charge in [0.15, 0.2) is 0 Å². The Labute approximate surface area is 143 Å². The summed E-state index contributed by atoms with van der Waals surface area (Å²) in [5, 5.41) is 8.76. The zero-order chi connectivity index (χ0) is 16.3. The van der Waals surface area contributed by atoms with E-state index in [-0.39, 0.29) is 23.3 Å². The molecule has 7 heteroatoms. The van der Waals surface area contributed by atoms with Crippen LogP contribution in [-0.4, -0.2) is 25.8 Å². The average Bonchev–Trinajstić information content (AvgIpc) is 2.35. The van der Waals surface area contributed by atoms with Crippen LogP contribution in [0, 0.1) is 16.7 Å². The Morgan fingerprint density at radius 2 is 1.90 bits per heavy atom. The van der Waals surface area contributed by atoms with Crippen LogP contribution in [-0.2, 0) is 10.0 Å². The fourth-order valence-corrected chi connectivity index (χ4v) is 4.93. The summed E-state index contributed by atoms with van der Waals surface area (Å²) in [5.74, 6) is 0. The van der Waals surface area contributed by atoms with Gasteiger partial charge in [0.05, 0.1) is 11.0 Å². The van der Waals surface area contributed by atoms with Gasteiger partial charge in [-0.2, -0.15) is 9.57 Å². The topological polar surface area (TPSA) is 61.2 Å². The monoisotopic (exact) mass is 436 g/mol. The lowest BCUT2D eigenvalue weighted by Gasteiger charge is -2.29. The van der Waals surface area contributed by atoms with Crippen LogP contribution in [0.3, 0.4) is 0 Å². The highest BCUT2D eigenvalue weighted by Crippen LogP contribution is 2.30. The third-order valence-corrected chi connectivity index (χ3v) is 5.97. The molecule has 0 bridgehead atoms. The molecule has 0 saturated carbocycles. The molecule has 0 amide bonds. The van der Waals surface area contributed by atoms with Crippen molar-refractivity contribution in [1.82, 2.24) is 4.31 Å². The fraction of sp³-hybridized carbons (Fsp3) is 0.500. The van der Waals surface area contributed by atoms with E-state index in [0.29, 0.717) is 15.5 Å². The molecule has 21 heavy (non-hydrogen) atoms. The van der Waals surface area contributed by atoms with Gasteiger partial charge in [0.2, 0.25) is 10.0 Å². The van der Waals surface area contributed by atoms with E-state index in [0.717, 1.165) is 0 Å². The molecule has 116 valence electrons. The quantitative estimate of drug-likeness (QED) is 0.694. The Balaban J connectivity index is 3.26. The van der Waals surface area contributed by atoms with Gasteiger partial charge in [-0.15, -0.1) is 0 Å². The van der Waals surface area contributed by atoms with Crippen molar-refractivity contribution in [2.75, 3.05) is 13.1 Å². The molecule has 0 aliphatic carbocycles. The fourth-order valence-electron chi connectivity index (χ4n) is 1.80. The van der Waals surface area contributed by atoms with Crippen molar-refractivity contribution in [1.29, 1.82) is 5.26 Å². The number of halogens is 2. The van der Waals surface area contributed by atoms with Crippen molar-refractivity contribution in [2.45, 2.75) is 32.1 Å². The summed E-state index contributed by atoms with van der Waals surface area (Å²) in [5.41, 5.74) is -0.193. The van der Waals surface area contributed by atoms with Crippen LogP contribution >= 0.6 is 31.9 Å². The molecule has 0 aliphatic heterocycles. The first-order valence-corrected chi connectivity index (χ1v) is 9.43. The maximum absolute atomic E-state index is 12.9. The Morgan fingerprint density at radius 3 is 2.43 bits per heavy atom. The first-order valence-electron chi connectivity index (χ1n) is 6.40. The molecule has 1 aromatic rings. The zero-order valence-electron chi connectivity index (χ0n) is 12.2. The molecule has 1 rings (SSSR count). The van der Waals surface area contributed by atoms with Gasteiger partial charge < -0.3 is 0 Å². The van der Waals surface area contributed by atoms with Crippen molar-refractivity contribution < 1.29 is 8.42 Å². The molecule has 0 saturated heterocycles. The molecule has 0 unspecified atom stereocenters. The standard InChI is InChI=1S/C14H18Br2N2O2S/c1-14(2,3)10-18(8-4-7-17)21(19,20)13-9-11(15)5-6-12(13)16/h5-6,9H,4,8,10H2,1-3H3. The maximum atomic E-state index is 12.9. The molecule has 0 fully saturated rings. The van der Waals surface area contributed by atoms with E-state index in [1.807, 2.05) is 26.8 Å². The van der Waals surface area contributed by atoms with Crippen molar-refractivity contribution in [3.63, 3.8) is 0 Å². The molecule has 0 heterocycles. The van der Waals surface area contributed by atoms with Crippen LogP contribution in [0.25, 0.3) is 0 Å². The molecule has 0 N–H and O–H groups in total. The van der Waals surface area contributed by atoms with Crippen LogP contribution in [0.4, 0.5) is 0 Å². The van der Waals surface area contributed by atoms with Gasteiger partial charge in [0, 0.05) is 28.5 Å². The van der Waals surface area contributed by atoms with Crippen molar-refractivity contribution >= 4 is 41.9 Å². The second kappa shape index (κ2) is 7.23. The summed E-state index contributed by atoms with van der Waals surface area (Å²) in [7, 11) is -3.65. The lowest BCUT2D eigenvalue weighted by Crippen LogP contribution is -2.38. The average molecular weight is 438 g/mol. The highest BCUT2D eigenvalue weighted by atomic mass is 79.9. The summed E-state index contributed by atoms with van der Waals surface area (Å²) < 4.78 is 28.3. The minimum Gasteiger partial charge on any atom is -0.207 e. The first kappa shape index (κ1) is 18.6. The van der Waals surface area contributed by atoms with Gasteiger partial charge in [0.1, 0.15) is 0 Å². The minimum atomic E-state index is -3.65. The number of benzene rings is 1. The lowest BCUT2D eigenvalue weighted by atomic mass is 9.97. The number of hydrogen-bond donors (Lipinski definition) is 0. The molecular formula is C14H18Br2N2O2S. The highest BCUT2D eigenvalue weighted by Gasteiger charge is 2.29. The third kappa shape index (κ3) is 5.37. The normalized spacial score (nSPS) is 12.4. The van der Waals surface area contributed by atoms with E-state index < -0.39 is 10.0 Å². The van der Waals surface area contributed by atoms with E-state index in [9.17, 15) is 8.42 Å². The molecule has 1 aromatic carbocycles. The highest BCUT2D eigenvalue weighted by molar-refractivity contribution is 9.11. The first-order chi connectivity index (χ1) is 9.58. The van der Waals surface area contributed by atoms with Crippen LogP contribution in [0.1, 0.15) is 27.2 Å². The Bertz CT molecular complexity index is 646. The second-order valence-corrected chi connectivity index (χ2v) is 9.56. The van der Waals surface area contributed by atoms with Gasteiger partial charge in [-0.25, -0.2) is 8.42 Å². The Morgan fingerprint density at radius 1 is 1.29 bits per heavy atom. The van der Waals surface area contributed by atoms with Crippen molar-refractivity contribution in [2.24, 2.45) is 5.41 Å². The summed E-state index contributed by atoms with van der Waals surface area (Å²) in [6.07, 6.45) is 0.168. The van der Waals surface area contributed by atoms with E-state index in [1.165, 1.54) is 4.31 Å². The lowest BCUT2D eigenvalue weighted by molar-refractivity contribution is 0.284. The van der Waals surface area contributed by atoms with Crippen LogP contribution in [0.15, 0.2) is 32.0 Å². The van der Waals surface area contributed by atoms with Crippen molar-refractivity contribution in [3.8, 4) is 6.07 Å². The van der Waals surface area contributed by atoms with E-state index >= 15 is 0 Å². The van der Waals surface area contributed by atoms with Gasteiger partial charge in [-0.1, -0.05) is 36.7 Å². The molecule has 0 radical (unpaired) electrons. The summed E-state index contributed by atoms with van der Waals surface area (Å²) in [6, 6.07) is 7.04. The van der Waals surface area contributed by atoms with Crippen LogP contribution in [0.5, 0.6) is 0 Å². The largest absolute Gasteiger partial charge is 0.244 e. The molecule has 0 aliphatic rings. The zero-order valence-corrected chi connectivity index (χ0v) is 16.2. The molecular weight excluding hydrogens is 420 g/mol. The van der Waals surface area contributed by atoms with Crippen LogP contribution < -0.4 is 0 Å². The summed E-state index contributed by atoms with van der Waals surface area (Å²) in [4.78, 5) is 0.207. The third-order valence-electron chi connectivity index (χ3n) is 2.63. The number of hydrogen-bond acceptors (Lipinski definition) is 3. The maximum Gasteiger partial charge on any atom is 0.244 e. The molecule has 0 spiro atoms. The van der Waals surface area contributed by atoms with Gasteiger partial charge in [-0.05, 0) is 39.5 Å². The molecule has 4 nitrogen and oxygen atoms in total. The van der Waals surface area contributed by atoms with Gasteiger partial charge >= 0.3 is 0 Å². The number of nitrogens with zero attached hydrogens (tertiary/aromatic N) is 2. The van der Waals surface area contributed by atoms with Gasteiger partial charge in [0.25, 0.3) is 0 Å². The van der Waals surface area contributed by atoms with E-state index in [2.05, 4.69) is 31.9 Å². The predicted molar refractivity (Wildman–Crippen MR) is 90.3 cm³/mol. The Kier molecular flexibility index (Phi) is 6.41. The second-order valence-electron chi connectivity index (χ2n) is 5.88. The number of rotatable bonds is 5. The molecule has 0 aromatic heterocycles. The van der Waals surface area contributed by atoms with Crippen LogP contribution in [0.2, 0.25) is 0 Å². The predicted octanol–water partition coefficient (Wildman–Crippen LogP) is 4.16. The molecule has 0 atom stereocenters. The SMILES string of the molecule is CC(C)(C)CN(CCC#N)S(=O)(=O)c1cc(Br)ccc1Br. The number of sulfonamides is 1. The van der Waals surface area contributed by atoms with Gasteiger partial charge in [-0.3, -0.25) is 0 Å². The number of nitriles is 1. The summed E-state index contributed by atoms with van der Waals surface area (Å²) >= 11 is 6.59. The summed E-state index contributed by atoms with van der Waals surface area (Å²) in [6.45, 7) is 6.46. The smallest absolute Gasteiger partial charge is 0.207 e. The minimum absolute atomic E-state index is 0.168. The Hall–Kier alpha value is -0.420. The van der Waals surface area contributed by atoms with E-state index in [4.69, 9.17) is 5.26 Å².